The Morgan fingerprint density at radius 3 is 2.38 bits per heavy atom. The summed E-state index contributed by atoms with van der Waals surface area (Å²) >= 11 is 36.3. The first-order valence-corrected chi connectivity index (χ1v) is 13.1. The molecule has 0 unspecified atom stereocenters. The van der Waals surface area contributed by atoms with E-state index in [1.54, 1.807) is 35.2 Å². The van der Waals surface area contributed by atoms with Crippen molar-refractivity contribution in [3.8, 4) is 11.5 Å². The van der Waals surface area contributed by atoms with Gasteiger partial charge in [0.25, 0.3) is 5.91 Å². The number of hydrogen-bond acceptors (Lipinski definition) is 5. The Hall–Kier alpha value is -2.20. The maximum atomic E-state index is 13.1. The van der Waals surface area contributed by atoms with E-state index in [-0.39, 0.29) is 43.4 Å². The topological polar surface area (TPSA) is 68.6 Å². The molecular weight excluding hydrogens is 602 g/mol. The van der Waals surface area contributed by atoms with Crippen molar-refractivity contribution in [2.24, 2.45) is 0 Å². The van der Waals surface area contributed by atoms with Gasteiger partial charge in [0.1, 0.15) is 28.1 Å². The van der Waals surface area contributed by atoms with Crippen molar-refractivity contribution in [2.75, 3.05) is 7.11 Å². The summed E-state index contributed by atoms with van der Waals surface area (Å²) in [5.41, 5.74) is 2.59. The third-order valence-corrected chi connectivity index (χ3v) is 8.04. The number of thiocarbonyl (C=S) groups is 1. The van der Waals surface area contributed by atoms with Gasteiger partial charge in [-0.1, -0.05) is 64.1 Å². The van der Waals surface area contributed by atoms with E-state index in [0.717, 1.165) is 12.1 Å². The van der Waals surface area contributed by atoms with Crippen molar-refractivity contribution >= 4 is 87.3 Å². The third kappa shape index (κ3) is 5.79. The van der Waals surface area contributed by atoms with E-state index in [1.165, 1.54) is 12.0 Å². The highest BCUT2D eigenvalue weighted by molar-refractivity contribution is 7.80. The second-order valence-corrected chi connectivity index (χ2v) is 10.1. The molecule has 2 aromatic carbocycles. The molecule has 37 heavy (non-hydrogen) atoms. The van der Waals surface area contributed by atoms with Crippen LogP contribution in [0.1, 0.15) is 23.6 Å². The average molecular weight is 621 g/mol. The molecule has 1 aliphatic rings. The van der Waals surface area contributed by atoms with Gasteiger partial charge in [-0.05, 0) is 42.9 Å². The van der Waals surface area contributed by atoms with Gasteiger partial charge >= 0.3 is 0 Å². The van der Waals surface area contributed by atoms with Crippen molar-refractivity contribution < 1.29 is 14.3 Å². The third-order valence-electron chi connectivity index (χ3n) is 5.47. The van der Waals surface area contributed by atoms with Crippen LogP contribution in [0.5, 0.6) is 11.5 Å². The molecule has 3 aromatic rings. The Bertz CT molecular complexity index is 1400. The molecule has 13 heteroatoms. The van der Waals surface area contributed by atoms with E-state index >= 15 is 0 Å². The predicted octanol–water partition coefficient (Wildman–Crippen LogP) is 7.02. The van der Waals surface area contributed by atoms with Crippen molar-refractivity contribution in [3.05, 3.63) is 78.1 Å². The summed E-state index contributed by atoms with van der Waals surface area (Å²) in [5.74, 6) is 0.400. The van der Waals surface area contributed by atoms with Crippen LogP contribution in [0, 0.1) is 0 Å². The van der Waals surface area contributed by atoms with Crippen molar-refractivity contribution in [2.45, 2.75) is 26.6 Å². The zero-order valence-electron chi connectivity index (χ0n) is 19.4. The van der Waals surface area contributed by atoms with Crippen LogP contribution in [0.15, 0.2) is 36.3 Å². The van der Waals surface area contributed by atoms with Crippen LogP contribution in [-0.2, 0) is 24.5 Å². The number of carbonyl (C=O) groups excluding carboxylic acids is 1. The van der Waals surface area contributed by atoms with Gasteiger partial charge in [0, 0.05) is 23.9 Å². The van der Waals surface area contributed by atoms with Gasteiger partial charge in [0.05, 0.1) is 34.9 Å². The number of aromatic nitrogens is 2. The van der Waals surface area contributed by atoms with Crippen LogP contribution in [-0.4, -0.2) is 32.8 Å². The second kappa shape index (κ2) is 11.7. The molecule has 0 saturated carbocycles. The minimum absolute atomic E-state index is 0.0151. The molecule has 1 aromatic heterocycles. The molecule has 4 rings (SSSR count). The molecule has 0 bridgehead atoms. The number of benzene rings is 2. The van der Waals surface area contributed by atoms with E-state index in [0.29, 0.717) is 34.2 Å². The molecule has 0 aliphatic carbocycles. The number of hydrogen-bond donors (Lipinski definition) is 1. The number of nitrogens with one attached hydrogen (secondary N) is 1. The molecule has 1 aliphatic heterocycles. The van der Waals surface area contributed by atoms with Crippen molar-refractivity contribution in [1.29, 1.82) is 0 Å². The Morgan fingerprint density at radius 1 is 1.08 bits per heavy atom. The quantitative estimate of drug-likeness (QED) is 0.126. The summed E-state index contributed by atoms with van der Waals surface area (Å²) in [5, 5.41) is 7.73. The first-order valence-electron chi connectivity index (χ1n) is 10.8. The molecule has 1 saturated heterocycles. The van der Waals surface area contributed by atoms with Crippen molar-refractivity contribution in [1.82, 2.24) is 20.0 Å². The summed E-state index contributed by atoms with van der Waals surface area (Å²) in [7, 11) is 1.53. The fourth-order valence-corrected chi connectivity index (χ4v) is 5.08. The Labute approximate surface area is 243 Å². The van der Waals surface area contributed by atoms with Gasteiger partial charge in [-0.2, -0.15) is 5.10 Å². The number of carbonyl (C=O) groups is 1. The first kappa shape index (κ1) is 27.8. The average Bonchev–Trinajstić information content (AvgIpc) is 3.46. The monoisotopic (exact) mass is 618 g/mol. The molecule has 1 N–H and O–H groups in total. The van der Waals surface area contributed by atoms with E-state index < -0.39 is 0 Å². The normalized spacial score (nSPS) is 14.5. The van der Waals surface area contributed by atoms with Crippen LogP contribution in [0.3, 0.4) is 0 Å². The molecule has 0 spiro atoms. The van der Waals surface area contributed by atoms with Gasteiger partial charge < -0.3 is 14.8 Å². The number of rotatable bonds is 8. The molecular formula is C24H19Cl5N4O3S. The van der Waals surface area contributed by atoms with Gasteiger partial charge in [-0.15, -0.1) is 0 Å². The standard InChI is InChI=1S/C24H19Cl5N4O3S/c1-3-32-9-13(8-30-32)10-33-23(34)15(31-24(33)37)7-12-4-5-16(35-2)14(6-12)11-36-22-20(28)18(26)17(25)19(27)21(22)29/h4-9H,3,10-11H2,1-2H3,(H,31,37)/b15-7+. The molecule has 0 radical (unpaired) electrons. The number of nitrogens with zero attached hydrogens (tertiary/aromatic N) is 3. The smallest absolute Gasteiger partial charge is 0.276 e. The number of amides is 1. The zero-order valence-corrected chi connectivity index (χ0v) is 24.0. The summed E-state index contributed by atoms with van der Waals surface area (Å²) in [6.45, 7) is 3.06. The van der Waals surface area contributed by atoms with Crippen molar-refractivity contribution in [3.63, 3.8) is 0 Å². The summed E-state index contributed by atoms with van der Waals surface area (Å²) in [6, 6.07) is 5.36. The highest BCUT2D eigenvalue weighted by Crippen LogP contribution is 2.48. The Balaban J connectivity index is 1.56. The number of methoxy groups -OCH3 is 1. The molecule has 194 valence electrons. The van der Waals surface area contributed by atoms with E-state index in [2.05, 4.69) is 10.4 Å². The molecule has 1 fully saturated rings. The van der Waals surface area contributed by atoms with E-state index in [4.69, 9.17) is 79.7 Å². The van der Waals surface area contributed by atoms with Gasteiger partial charge in [0.2, 0.25) is 0 Å². The fraction of sp³-hybridized carbons (Fsp3) is 0.208. The van der Waals surface area contributed by atoms with E-state index in [9.17, 15) is 4.79 Å². The molecule has 1 amide bonds. The molecule has 2 heterocycles. The Morgan fingerprint density at radius 2 is 1.76 bits per heavy atom. The lowest BCUT2D eigenvalue weighted by Gasteiger charge is -2.15. The fourth-order valence-electron chi connectivity index (χ4n) is 3.59. The Kier molecular flexibility index (Phi) is 8.78. The minimum Gasteiger partial charge on any atom is -0.496 e. The lowest BCUT2D eigenvalue weighted by molar-refractivity contribution is -0.122. The maximum Gasteiger partial charge on any atom is 0.276 e. The lowest BCUT2D eigenvalue weighted by atomic mass is 10.1. The largest absolute Gasteiger partial charge is 0.496 e. The van der Waals surface area contributed by atoms with Crippen LogP contribution < -0.4 is 14.8 Å². The molecule has 0 atom stereocenters. The first-order chi connectivity index (χ1) is 17.6. The van der Waals surface area contributed by atoms with Crippen LogP contribution >= 0.6 is 70.2 Å². The van der Waals surface area contributed by atoms with Crippen LogP contribution in [0.25, 0.3) is 6.08 Å². The summed E-state index contributed by atoms with van der Waals surface area (Å²) < 4.78 is 13.1. The summed E-state index contributed by atoms with van der Waals surface area (Å²) in [6.07, 6.45) is 5.30. The number of ether oxygens (including phenoxy) is 2. The van der Waals surface area contributed by atoms with E-state index in [1.807, 2.05) is 13.1 Å². The minimum atomic E-state index is -0.244. The highest BCUT2D eigenvalue weighted by Gasteiger charge is 2.31. The van der Waals surface area contributed by atoms with Crippen LogP contribution in [0.2, 0.25) is 25.1 Å². The summed E-state index contributed by atoms with van der Waals surface area (Å²) in [4.78, 5) is 14.5. The second-order valence-electron chi connectivity index (χ2n) is 7.84. The van der Waals surface area contributed by atoms with Gasteiger partial charge in [-0.25, -0.2) is 0 Å². The van der Waals surface area contributed by atoms with Gasteiger partial charge in [-0.3, -0.25) is 14.4 Å². The lowest BCUT2D eigenvalue weighted by Crippen LogP contribution is -2.29. The van der Waals surface area contributed by atoms with Crippen LogP contribution in [0.4, 0.5) is 0 Å². The number of halogens is 5. The highest BCUT2D eigenvalue weighted by atomic mass is 35.5. The maximum absolute atomic E-state index is 13.1. The van der Waals surface area contributed by atoms with Gasteiger partial charge in [0.15, 0.2) is 10.9 Å². The predicted molar refractivity (Wildman–Crippen MR) is 151 cm³/mol. The molecule has 7 nitrogen and oxygen atoms in total. The zero-order chi connectivity index (χ0) is 26.9. The SMILES string of the molecule is CCn1cc(CN2C(=O)/C(=C\c3ccc(OC)c(COc4c(Cl)c(Cl)c(Cl)c(Cl)c4Cl)c3)NC2=S)cn1. The number of aryl methyl sites for hydroxylation is 1.